The van der Waals surface area contributed by atoms with Crippen molar-refractivity contribution in [3.63, 3.8) is 0 Å². The smallest absolute Gasteiger partial charge is 0.137 e. The highest BCUT2D eigenvalue weighted by molar-refractivity contribution is 9.10. The molecule has 104 valence electrons. The molecule has 0 unspecified atom stereocenters. The number of rotatable bonds is 1. The highest BCUT2D eigenvalue weighted by Crippen LogP contribution is 2.54. The number of H-pyrrole nitrogens is 1. The van der Waals surface area contributed by atoms with E-state index >= 15 is 0 Å². The Morgan fingerprint density at radius 1 is 1.40 bits per heavy atom. The molecule has 1 spiro atoms. The quantitative estimate of drug-likeness (QED) is 0.825. The van der Waals surface area contributed by atoms with Gasteiger partial charge in [-0.15, -0.1) is 0 Å². The Hall–Kier alpha value is -1.14. The molecule has 0 amide bonds. The Kier molecular flexibility index (Phi) is 2.79. The van der Waals surface area contributed by atoms with Crippen LogP contribution in [0.5, 0.6) is 0 Å². The average Bonchev–Trinajstić information content (AvgIpc) is 3.15. The van der Waals surface area contributed by atoms with Crippen molar-refractivity contribution in [2.75, 3.05) is 11.9 Å². The van der Waals surface area contributed by atoms with E-state index in [-0.39, 0.29) is 5.41 Å². The molecule has 2 atom stereocenters. The van der Waals surface area contributed by atoms with Crippen LogP contribution in [0.2, 0.25) is 5.02 Å². The molecular formula is C13H13BrClN5. The Balaban J connectivity index is 1.74. The van der Waals surface area contributed by atoms with Gasteiger partial charge in [0.1, 0.15) is 18.0 Å². The first-order valence-corrected chi connectivity index (χ1v) is 7.80. The van der Waals surface area contributed by atoms with Gasteiger partial charge in [-0.3, -0.25) is 5.10 Å². The fourth-order valence-electron chi connectivity index (χ4n) is 3.58. The molecule has 2 aliphatic rings. The van der Waals surface area contributed by atoms with E-state index in [1.807, 2.05) is 0 Å². The highest BCUT2D eigenvalue weighted by Gasteiger charge is 2.48. The van der Waals surface area contributed by atoms with E-state index in [1.165, 1.54) is 0 Å². The molecule has 5 nitrogen and oxygen atoms in total. The van der Waals surface area contributed by atoms with Crippen molar-refractivity contribution in [1.29, 1.82) is 0 Å². The van der Waals surface area contributed by atoms with Gasteiger partial charge in [-0.25, -0.2) is 9.97 Å². The maximum Gasteiger partial charge on any atom is 0.137 e. The molecular weight excluding hydrogens is 342 g/mol. The van der Waals surface area contributed by atoms with Crippen LogP contribution in [-0.4, -0.2) is 26.7 Å². The van der Waals surface area contributed by atoms with Crippen molar-refractivity contribution in [2.45, 2.75) is 30.6 Å². The van der Waals surface area contributed by atoms with Gasteiger partial charge in [0.05, 0.1) is 9.50 Å². The fraction of sp³-hybridized carbons (Fsp3) is 0.462. The molecule has 0 saturated heterocycles. The molecule has 1 saturated carbocycles. The van der Waals surface area contributed by atoms with Crippen LogP contribution < -0.4 is 5.32 Å². The van der Waals surface area contributed by atoms with Crippen molar-refractivity contribution < 1.29 is 0 Å². The number of halogens is 2. The number of nitrogens with one attached hydrogen (secondary N) is 2. The summed E-state index contributed by atoms with van der Waals surface area (Å²) in [6.45, 7) is 0.899. The third-order valence-corrected chi connectivity index (χ3v) is 5.75. The van der Waals surface area contributed by atoms with Crippen LogP contribution in [0.1, 0.15) is 36.6 Å². The predicted octanol–water partition coefficient (Wildman–Crippen LogP) is 3.25. The minimum atomic E-state index is 0.0701. The van der Waals surface area contributed by atoms with E-state index in [2.05, 4.69) is 41.4 Å². The molecule has 1 fully saturated rings. The number of aromatic amines is 1. The van der Waals surface area contributed by atoms with Gasteiger partial charge < -0.3 is 5.32 Å². The summed E-state index contributed by atoms with van der Waals surface area (Å²) in [5.41, 5.74) is 1.23. The van der Waals surface area contributed by atoms with Crippen molar-refractivity contribution in [2.24, 2.45) is 0 Å². The van der Waals surface area contributed by atoms with Gasteiger partial charge in [0, 0.05) is 29.6 Å². The SMILES string of the molecule is Clc1c(Br)cnc2c1[C@]1(CC[C@H](c3ncn[nH]3)C1)CN2. The molecule has 7 heteroatoms. The number of hydrogen-bond donors (Lipinski definition) is 2. The second-order valence-electron chi connectivity index (χ2n) is 5.59. The second-order valence-corrected chi connectivity index (χ2v) is 6.82. The predicted molar refractivity (Wildman–Crippen MR) is 80.1 cm³/mol. The third-order valence-electron chi connectivity index (χ3n) is 4.53. The van der Waals surface area contributed by atoms with E-state index in [9.17, 15) is 0 Å². The second kappa shape index (κ2) is 4.43. The van der Waals surface area contributed by atoms with Crippen molar-refractivity contribution in [1.82, 2.24) is 20.2 Å². The van der Waals surface area contributed by atoms with Crippen LogP contribution in [0.3, 0.4) is 0 Å². The molecule has 4 rings (SSSR count). The Morgan fingerprint density at radius 2 is 2.30 bits per heavy atom. The summed E-state index contributed by atoms with van der Waals surface area (Å²) in [6.07, 6.45) is 6.55. The van der Waals surface area contributed by atoms with Gasteiger partial charge in [-0.2, -0.15) is 5.10 Å². The van der Waals surface area contributed by atoms with Crippen molar-refractivity contribution in [3.05, 3.63) is 33.4 Å². The number of fused-ring (bicyclic) bond motifs is 2. The fourth-order valence-corrected chi connectivity index (χ4v) is 4.22. The number of pyridine rings is 1. The molecule has 0 radical (unpaired) electrons. The topological polar surface area (TPSA) is 66.5 Å². The van der Waals surface area contributed by atoms with Gasteiger partial charge in [0.2, 0.25) is 0 Å². The lowest BCUT2D eigenvalue weighted by molar-refractivity contribution is 0.477. The normalized spacial score (nSPS) is 27.8. The average molecular weight is 355 g/mol. The Morgan fingerprint density at radius 3 is 3.10 bits per heavy atom. The zero-order valence-corrected chi connectivity index (χ0v) is 13.0. The molecule has 2 aromatic rings. The summed E-state index contributed by atoms with van der Waals surface area (Å²) >= 11 is 10.0. The van der Waals surface area contributed by atoms with Crippen LogP contribution in [0.4, 0.5) is 5.82 Å². The minimum absolute atomic E-state index is 0.0701. The number of nitrogens with zero attached hydrogens (tertiary/aromatic N) is 3. The molecule has 20 heavy (non-hydrogen) atoms. The van der Waals surface area contributed by atoms with Crippen LogP contribution >= 0.6 is 27.5 Å². The standard InChI is InChI=1S/C13H13BrClN5/c14-8-4-16-12-9(10(8)15)13(5-17-12)2-1-7(3-13)11-18-6-19-20-11/h4,6-7H,1-3,5H2,(H,16,17)(H,18,19,20)/t7-,13-/m0/s1. The molecule has 2 N–H and O–H groups in total. The first-order chi connectivity index (χ1) is 9.70. The zero-order valence-electron chi connectivity index (χ0n) is 10.7. The lowest BCUT2D eigenvalue weighted by Gasteiger charge is -2.24. The molecule has 1 aliphatic carbocycles. The first-order valence-electron chi connectivity index (χ1n) is 6.63. The Bertz CT molecular complexity index is 659. The van der Waals surface area contributed by atoms with Crippen LogP contribution in [0.25, 0.3) is 0 Å². The zero-order chi connectivity index (χ0) is 13.7. The number of anilines is 1. The van der Waals surface area contributed by atoms with Gasteiger partial charge in [-0.1, -0.05) is 11.6 Å². The van der Waals surface area contributed by atoms with E-state index in [1.54, 1.807) is 12.5 Å². The summed E-state index contributed by atoms with van der Waals surface area (Å²) in [4.78, 5) is 8.75. The monoisotopic (exact) mass is 353 g/mol. The molecule has 1 aliphatic heterocycles. The van der Waals surface area contributed by atoms with E-state index in [0.29, 0.717) is 5.92 Å². The van der Waals surface area contributed by atoms with E-state index in [4.69, 9.17) is 11.6 Å². The lowest BCUT2D eigenvalue weighted by atomic mass is 9.80. The van der Waals surface area contributed by atoms with Crippen LogP contribution in [-0.2, 0) is 5.41 Å². The maximum atomic E-state index is 6.52. The largest absolute Gasteiger partial charge is 0.369 e. The van der Waals surface area contributed by atoms with Gasteiger partial charge >= 0.3 is 0 Å². The van der Waals surface area contributed by atoms with E-state index in [0.717, 1.165) is 52.5 Å². The highest BCUT2D eigenvalue weighted by atomic mass is 79.9. The summed E-state index contributed by atoms with van der Waals surface area (Å²) in [6, 6.07) is 0. The molecule has 2 aromatic heterocycles. The number of aromatic nitrogens is 4. The number of hydrogen-bond acceptors (Lipinski definition) is 4. The summed E-state index contributed by atoms with van der Waals surface area (Å²) in [5.74, 6) is 2.33. The summed E-state index contributed by atoms with van der Waals surface area (Å²) in [7, 11) is 0. The van der Waals surface area contributed by atoms with E-state index < -0.39 is 0 Å². The molecule has 0 bridgehead atoms. The van der Waals surface area contributed by atoms with Gasteiger partial charge in [0.15, 0.2) is 0 Å². The van der Waals surface area contributed by atoms with Gasteiger partial charge in [-0.05, 0) is 35.2 Å². The molecule has 0 aromatic carbocycles. The third kappa shape index (κ3) is 1.71. The summed E-state index contributed by atoms with van der Waals surface area (Å²) < 4.78 is 0.865. The maximum absolute atomic E-state index is 6.52. The van der Waals surface area contributed by atoms with Gasteiger partial charge in [0.25, 0.3) is 0 Å². The summed E-state index contributed by atoms with van der Waals surface area (Å²) in [5, 5.41) is 11.2. The van der Waals surface area contributed by atoms with Crippen LogP contribution in [0.15, 0.2) is 17.0 Å². The van der Waals surface area contributed by atoms with Crippen molar-refractivity contribution >= 4 is 33.3 Å². The van der Waals surface area contributed by atoms with Crippen LogP contribution in [0, 0.1) is 0 Å². The lowest BCUT2D eigenvalue weighted by Crippen LogP contribution is -2.25. The van der Waals surface area contributed by atoms with Crippen molar-refractivity contribution in [3.8, 4) is 0 Å². The first kappa shape index (κ1) is 12.6. The Labute approximate surface area is 129 Å². The molecule has 3 heterocycles. The minimum Gasteiger partial charge on any atom is -0.369 e.